The SMILES string of the molecule is Cc1ccc2nc(C(C)(C)C)cc(CNCC(C)C)c2c1. The molecule has 21 heavy (non-hydrogen) atoms. The van der Waals surface area contributed by atoms with Crippen LogP contribution in [0.1, 0.15) is 51.4 Å². The Morgan fingerprint density at radius 2 is 1.86 bits per heavy atom. The molecule has 0 unspecified atom stereocenters. The normalized spacial score (nSPS) is 12.3. The summed E-state index contributed by atoms with van der Waals surface area (Å²) in [5.41, 5.74) is 4.99. The van der Waals surface area contributed by atoms with Crippen LogP contribution in [0.5, 0.6) is 0 Å². The first-order chi connectivity index (χ1) is 9.77. The monoisotopic (exact) mass is 284 g/mol. The highest BCUT2D eigenvalue weighted by Crippen LogP contribution is 2.26. The van der Waals surface area contributed by atoms with Crippen LogP contribution < -0.4 is 5.32 Å². The Balaban J connectivity index is 2.45. The van der Waals surface area contributed by atoms with Gasteiger partial charge in [-0.1, -0.05) is 46.2 Å². The van der Waals surface area contributed by atoms with Gasteiger partial charge < -0.3 is 5.32 Å². The average Bonchev–Trinajstić information content (AvgIpc) is 2.37. The van der Waals surface area contributed by atoms with Crippen molar-refractivity contribution in [2.24, 2.45) is 5.92 Å². The van der Waals surface area contributed by atoms with Crippen LogP contribution in [0, 0.1) is 12.8 Å². The molecule has 0 radical (unpaired) electrons. The molecule has 2 rings (SSSR count). The van der Waals surface area contributed by atoms with Gasteiger partial charge in [-0.2, -0.15) is 0 Å². The second kappa shape index (κ2) is 6.15. The molecule has 2 aromatic rings. The molecule has 0 bridgehead atoms. The van der Waals surface area contributed by atoms with Crippen molar-refractivity contribution < 1.29 is 0 Å². The Morgan fingerprint density at radius 1 is 1.14 bits per heavy atom. The fourth-order valence-corrected chi connectivity index (χ4v) is 2.44. The smallest absolute Gasteiger partial charge is 0.0708 e. The summed E-state index contributed by atoms with van der Waals surface area (Å²) < 4.78 is 0. The first-order valence-corrected chi connectivity index (χ1v) is 7.89. The van der Waals surface area contributed by atoms with Crippen LogP contribution in [0.3, 0.4) is 0 Å². The minimum atomic E-state index is 0.0753. The Bertz CT molecular complexity index is 621. The van der Waals surface area contributed by atoms with E-state index in [1.807, 2.05) is 0 Å². The maximum Gasteiger partial charge on any atom is 0.0708 e. The summed E-state index contributed by atoms with van der Waals surface area (Å²) >= 11 is 0. The fourth-order valence-electron chi connectivity index (χ4n) is 2.44. The molecule has 0 saturated carbocycles. The molecule has 0 fully saturated rings. The van der Waals surface area contributed by atoms with E-state index in [4.69, 9.17) is 4.98 Å². The fraction of sp³-hybridized carbons (Fsp3) is 0.526. The Hall–Kier alpha value is -1.41. The quantitative estimate of drug-likeness (QED) is 0.888. The molecule has 1 N–H and O–H groups in total. The first-order valence-electron chi connectivity index (χ1n) is 7.89. The molecule has 0 aliphatic heterocycles. The number of nitrogens with one attached hydrogen (secondary N) is 1. The van der Waals surface area contributed by atoms with Gasteiger partial charge in [-0.25, -0.2) is 0 Å². The van der Waals surface area contributed by atoms with Gasteiger partial charge >= 0.3 is 0 Å². The molecule has 2 heteroatoms. The molecular weight excluding hydrogens is 256 g/mol. The third-order valence-electron chi connectivity index (χ3n) is 3.69. The Morgan fingerprint density at radius 3 is 2.48 bits per heavy atom. The van der Waals surface area contributed by atoms with Gasteiger partial charge in [0.15, 0.2) is 0 Å². The molecule has 1 aromatic heterocycles. The molecule has 114 valence electrons. The predicted molar refractivity (Wildman–Crippen MR) is 91.7 cm³/mol. The van der Waals surface area contributed by atoms with Gasteiger partial charge in [0, 0.05) is 23.0 Å². The average molecular weight is 284 g/mol. The number of pyridine rings is 1. The predicted octanol–water partition coefficient (Wildman–Crippen LogP) is 4.59. The molecule has 0 aliphatic rings. The molecule has 0 amide bonds. The van der Waals surface area contributed by atoms with Crippen LogP contribution >= 0.6 is 0 Å². The second-order valence-electron chi connectivity index (χ2n) is 7.46. The number of hydrogen-bond acceptors (Lipinski definition) is 2. The van der Waals surface area contributed by atoms with Crippen molar-refractivity contribution in [3.63, 3.8) is 0 Å². The van der Waals surface area contributed by atoms with Crippen molar-refractivity contribution in [2.75, 3.05) is 6.54 Å². The maximum absolute atomic E-state index is 4.86. The zero-order valence-electron chi connectivity index (χ0n) is 14.2. The zero-order chi connectivity index (χ0) is 15.6. The lowest BCUT2D eigenvalue weighted by atomic mass is 9.89. The Labute approximate surface area is 129 Å². The topological polar surface area (TPSA) is 24.9 Å². The van der Waals surface area contributed by atoms with Crippen molar-refractivity contribution >= 4 is 10.9 Å². The number of benzene rings is 1. The number of rotatable bonds is 4. The van der Waals surface area contributed by atoms with E-state index in [0.717, 1.165) is 18.6 Å². The minimum absolute atomic E-state index is 0.0753. The number of aryl methyl sites for hydroxylation is 1. The molecule has 0 spiro atoms. The number of fused-ring (bicyclic) bond motifs is 1. The van der Waals surface area contributed by atoms with Gasteiger partial charge in [0.25, 0.3) is 0 Å². The van der Waals surface area contributed by atoms with Crippen LogP contribution in [0.2, 0.25) is 0 Å². The summed E-state index contributed by atoms with van der Waals surface area (Å²) in [4.78, 5) is 4.86. The minimum Gasteiger partial charge on any atom is -0.312 e. The van der Waals surface area contributed by atoms with Crippen molar-refractivity contribution in [2.45, 2.75) is 53.5 Å². The van der Waals surface area contributed by atoms with Crippen molar-refractivity contribution in [3.05, 3.63) is 41.1 Å². The van der Waals surface area contributed by atoms with E-state index >= 15 is 0 Å². The standard InChI is InChI=1S/C19H28N2/c1-13(2)11-20-12-15-10-18(19(4,5)6)21-17-8-7-14(3)9-16(15)17/h7-10,13,20H,11-12H2,1-6H3. The largest absolute Gasteiger partial charge is 0.312 e. The van der Waals surface area contributed by atoms with Crippen LogP contribution in [0.25, 0.3) is 10.9 Å². The van der Waals surface area contributed by atoms with Gasteiger partial charge in [0.2, 0.25) is 0 Å². The highest BCUT2D eigenvalue weighted by atomic mass is 14.9. The van der Waals surface area contributed by atoms with Gasteiger partial charge in [0.05, 0.1) is 5.52 Å². The van der Waals surface area contributed by atoms with Gasteiger partial charge in [-0.3, -0.25) is 4.98 Å². The van der Waals surface area contributed by atoms with Crippen LogP contribution in [-0.4, -0.2) is 11.5 Å². The van der Waals surface area contributed by atoms with E-state index in [1.165, 1.54) is 22.2 Å². The second-order valence-corrected chi connectivity index (χ2v) is 7.46. The number of nitrogens with zero attached hydrogens (tertiary/aromatic N) is 1. The third-order valence-corrected chi connectivity index (χ3v) is 3.69. The van der Waals surface area contributed by atoms with Crippen LogP contribution in [0.4, 0.5) is 0 Å². The van der Waals surface area contributed by atoms with E-state index in [1.54, 1.807) is 0 Å². The van der Waals surface area contributed by atoms with Gasteiger partial charge in [-0.15, -0.1) is 0 Å². The molecule has 2 nitrogen and oxygen atoms in total. The van der Waals surface area contributed by atoms with E-state index in [9.17, 15) is 0 Å². The molecule has 1 aromatic carbocycles. The van der Waals surface area contributed by atoms with Crippen LogP contribution in [0.15, 0.2) is 24.3 Å². The summed E-state index contributed by atoms with van der Waals surface area (Å²) in [6, 6.07) is 8.81. The van der Waals surface area contributed by atoms with Crippen molar-refractivity contribution in [3.8, 4) is 0 Å². The summed E-state index contributed by atoms with van der Waals surface area (Å²) in [7, 11) is 0. The van der Waals surface area contributed by atoms with E-state index in [-0.39, 0.29) is 5.41 Å². The highest BCUT2D eigenvalue weighted by Gasteiger charge is 2.17. The molecular formula is C19H28N2. The van der Waals surface area contributed by atoms with E-state index < -0.39 is 0 Å². The van der Waals surface area contributed by atoms with Crippen LogP contribution in [-0.2, 0) is 12.0 Å². The Kier molecular flexibility index (Phi) is 4.67. The van der Waals surface area contributed by atoms with Crippen molar-refractivity contribution in [1.29, 1.82) is 0 Å². The first kappa shape index (κ1) is 16.0. The van der Waals surface area contributed by atoms with E-state index in [2.05, 4.69) is 71.1 Å². The lowest BCUT2D eigenvalue weighted by Gasteiger charge is -2.20. The van der Waals surface area contributed by atoms with E-state index in [0.29, 0.717) is 5.92 Å². The van der Waals surface area contributed by atoms with Gasteiger partial charge in [-0.05, 0) is 43.1 Å². The van der Waals surface area contributed by atoms with Gasteiger partial charge in [0.1, 0.15) is 0 Å². The maximum atomic E-state index is 4.86. The molecule has 1 heterocycles. The summed E-state index contributed by atoms with van der Waals surface area (Å²) in [5.74, 6) is 0.668. The molecule has 0 atom stereocenters. The summed E-state index contributed by atoms with van der Waals surface area (Å²) in [6.45, 7) is 15.2. The summed E-state index contributed by atoms with van der Waals surface area (Å²) in [5, 5.41) is 4.84. The summed E-state index contributed by atoms with van der Waals surface area (Å²) in [6.07, 6.45) is 0. The lowest BCUT2D eigenvalue weighted by Crippen LogP contribution is -2.20. The molecule has 0 saturated heterocycles. The molecule has 0 aliphatic carbocycles. The highest BCUT2D eigenvalue weighted by molar-refractivity contribution is 5.83. The zero-order valence-corrected chi connectivity index (χ0v) is 14.2. The van der Waals surface area contributed by atoms with Crippen molar-refractivity contribution in [1.82, 2.24) is 10.3 Å². The lowest BCUT2D eigenvalue weighted by molar-refractivity contribution is 0.549. The third kappa shape index (κ3) is 4.04. The number of hydrogen-bond donors (Lipinski definition) is 1. The number of aromatic nitrogens is 1.